The van der Waals surface area contributed by atoms with Gasteiger partial charge in [-0.1, -0.05) is 17.8 Å². The van der Waals surface area contributed by atoms with E-state index in [9.17, 15) is 9.18 Å². The highest BCUT2D eigenvalue weighted by Gasteiger charge is 2.22. The van der Waals surface area contributed by atoms with Crippen LogP contribution >= 0.6 is 11.8 Å². The van der Waals surface area contributed by atoms with E-state index in [0.29, 0.717) is 43.1 Å². The Bertz CT molecular complexity index is 1130. The van der Waals surface area contributed by atoms with Crippen LogP contribution in [0.3, 0.4) is 0 Å². The third kappa shape index (κ3) is 5.18. The van der Waals surface area contributed by atoms with Crippen LogP contribution in [0.4, 0.5) is 21.7 Å². The van der Waals surface area contributed by atoms with Crippen molar-refractivity contribution < 1.29 is 13.9 Å². The molecule has 2 aliphatic heterocycles. The molecule has 2 aromatic carbocycles. The van der Waals surface area contributed by atoms with Crippen molar-refractivity contribution in [3.63, 3.8) is 0 Å². The van der Waals surface area contributed by atoms with Gasteiger partial charge in [-0.05, 0) is 55.3 Å². The second-order valence-electron chi connectivity index (χ2n) is 8.28. The third-order valence-corrected chi connectivity index (χ3v) is 6.86. The number of anilines is 3. The quantitative estimate of drug-likeness (QED) is 0.516. The van der Waals surface area contributed by atoms with Crippen LogP contribution < -0.4 is 15.1 Å². The minimum atomic E-state index is -0.342. The van der Waals surface area contributed by atoms with Crippen molar-refractivity contribution in [3.8, 4) is 5.69 Å². The van der Waals surface area contributed by atoms with Gasteiger partial charge in [-0.3, -0.25) is 9.36 Å². The number of hydrogen-bond donors (Lipinski definition) is 1. The Labute approximate surface area is 202 Å². The molecule has 178 valence electrons. The van der Waals surface area contributed by atoms with Crippen LogP contribution in [-0.2, 0) is 9.53 Å². The van der Waals surface area contributed by atoms with Gasteiger partial charge in [0.15, 0.2) is 5.16 Å². The predicted molar refractivity (Wildman–Crippen MR) is 132 cm³/mol. The molecule has 2 saturated heterocycles. The van der Waals surface area contributed by atoms with Gasteiger partial charge in [0.25, 0.3) is 0 Å². The van der Waals surface area contributed by atoms with E-state index in [1.54, 1.807) is 10.6 Å². The molecule has 0 aliphatic carbocycles. The SMILES string of the molecule is O=C(CSc1nnc(N2CCOCC2)n1-c1cccc(F)c1)Nc1ccc(N2CCCC2)cc1. The molecule has 1 aromatic heterocycles. The second-order valence-corrected chi connectivity index (χ2v) is 9.22. The molecular weight excluding hydrogens is 455 g/mol. The molecule has 1 amide bonds. The first-order valence-electron chi connectivity index (χ1n) is 11.5. The highest BCUT2D eigenvalue weighted by Crippen LogP contribution is 2.28. The molecule has 0 spiro atoms. The minimum absolute atomic E-state index is 0.138. The lowest BCUT2D eigenvalue weighted by Crippen LogP contribution is -2.37. The number of rotatable bonds is 7. The number of morpholine rings is 1. The maximum Gasteiger partial charge on any atom is 0.234 e. The molecule has 2 aliphatic rings. The average molecular weight is 483 g/mol. The number of hydrogen-bond acceptors (Lipinski definition) is 7. The topological polar surface area (TPSA) is 75.5 Å². The molecular formula is C24H27FN6O2S. The van der Waals surface area contributed by atoms with Crippen molar-refractivity contribution in [2.24, 2.45) is 0 Å². The summed E-state index contributed by atoms with van der Waals surface area (Å²) >= 11 is 1.27. The van der Waals surface area contributed by atoms with Crippen molar-refractivity contribution in [2.75, 3.05) is 60.3 Å². The van der Waals surface area contributed by atoms with Gasteiger partial charge in [0.1, 0.15) is 5.82 Å². The molecule has 0 atom stereocenters. The number of aromatic nitrogens is 3. The van der Waals surface area contributed by atoms with Crippen LogP contribution in [0.1, 0.15) is 12.8 Å². The number of carbonyl (C=O) groups excluding carboxylic acids is 1. The average Bonchev–Trinajstić information content (AvgIpc) is 3.54. The van der Waals surface area contributed by atoms with E-state index in [-0.39, 0.29) is 17.5 Å². The standard InChI is InChI=1S/C24H27FN6O2S/c25-18-4-3-5-21(16-18)31-23(30-12-14-33-15-13-30)27-28-24(31)34-17-22(32)26-19-6-8-20(9-7-19)29-10-1-2-11-29/h3-9,16H,1-2,10-15,17H2,(H,26,32). The van der Waals surface area contributed by atoms with Gasteiger partial charge in [-0.2, -0.15) is 0 Å². The number of thioether (sulfide) groups is 1. The lowest BCUT2D eigenvalue weighted by molar-refractivity contribution is -0.113. The molecule has 5 rings (SSSR count). The van der Waals surface area contributed by atoms with E-state index < -0.39 is 0 Å². The van der Waals surface area contributed by atoms with E-state index in [1.807, 2.05) is 30.3 Å². The zero-order valence-electron chi connectivity index (χ0n) is 18.8. The fraction of sp³-hybridized carbons (Fsp3) is 0.375. The van der Waals surface area contributed by atoms with Gasteiger partial charge in [0.05, 0.1) is 24.7 Å². The second kappa shape index (κ2) is 10.4. The molecule has 34 heavy (non-hydrogen) atoms. The molecule has 0 unspecified atom stereocenters. The maximum atomic E-state index is 14.0. The van der Waals surface area contributed by atoms with Crippen LogP contribution in [0.5, 0.6) is 0 Å². The zero-order chi connectivity index (χ0) is 23.3. The molecule has 0 radical (unpaired) electrons. The first-order chi connectivity index (χ1) is 16.7. The van der Waals surface area contributed by atoms with Crippen LogP contribution in [-0.4, -0.2) is 65.8 Å². The Kier molecular flexibility index (Phi) is 6.96. The highest BCUT2D eigenvalue weighted by atomic mass is 32.2. The molecule has 0 saturated carbocycles. The van der Waals surface area contributed by atoms with E-state index in [0.717, 1.165) is 18.8 Å². The summed E-state index contributed by atoms with van der Waals surface area (Å²) in [6, 6.07) is 14.3. The molecule has 3 aromatic rings. The summed E-state index contributed by atoms with van der Waals surface area (Å²) in [6.45, 7) is 4.70. The summed E-state index contributed by atoms with van der Waals surface area (Å²) in [6.07, 6.45) is 2.45. The predicted octanol–water partition coefficient (Wildman–Crippen LogP) is 3.57. The van der Waals surface area contributed by atoms with Crippen molar-refractivity contribution in [2.45, 2.75) is 18.0 Å². The third-order valence-electron chi connectivity index (χ3n) is 5.93. The molecule has 0 bridgehead atoms. The molecule has 8 nitrogen and oxygen atoms in total. The van der Waals surface area contributed by atoms with Gasteiger partial charge in [0.2, 0.25) is 11.9 Å². The number of amides is 1. The summed E-state index contributed by atoms with van der Waals surface area (Å²) < 4.78 is 21.2. The van der Waals surface area contributed by atoms with Gasteiger partial charge >= 0.3 is 0 Å². The molecule has 3 heterocycles. The summed E-state index contributed by atoms with van der Waals surface area (Å²) in [4.78, 5) is 17.1. The van der Waals surface area contributed by atoms with Crippen molar-refractivity contribution in [3.05, 3.63) is 54.3 Å². The summed E-state index contributed by atoms with van der Waals surface area (Å²) in [7, 11) is 0. The minimum Gasteiger partial charge on any atom is -0.378 e. The van der Waals surface area contributed by atoms with Crippen LogP contribution in [0.15, 0.2) is 53.7 Å². The Morgan fingerprint density at radius 2 is 1.74 bits per heavy atom. The number of nitrogens with zero attached hydrogens (tertiary/aromatic N) is 5. The highest BCUT2D eigenvalue weighted by molar-refractivity contribution is 7.99. The van der Waals surface area contributed by atoms with E-state index >= 15 is 0 Å². The number of carbonyl (C=O) groups is 1. The summed E-state index contributed by atoms with van der Waals surface area (Å²) in [5.74, 6) is 0.296. The lowest BCUT2D eigenvalue weighted by Gasteiger charge is -2.27. The number of nitrogens with one attached hydrogen (secondary N) is 1. The number of ether oxygens (including phenoxy) is 1. The van der Waals surface area contributed by atoms with Crippen molar-refractivity contribution in [1.29, 1.82) is 0 Å². The smallest absolute Gasteiger partial charge is 0.234 e. The monoisotopic (exact) mass is 482 g/mol. The largest absolute Gasteiger partial charge is 0.378 e. The van der Waals surface area contributed by atoms with Gasteiger partial charge < -0.3 is 19.9 Å². The Morgan fingerprint density at radius 1 is 0.971 bits per heavy atom. The van der Waals surface area contributed by atoms with Gasteiger partial charge in [0, 0.05) is 37.6 Å². The van der Waals surface area contributed by atoms with Crippen LogP contribution in [0.2, 0.25) is 0 Å². The van der Waals surface area contributed by atoms with E-state index in [1.165, 1.54) is 42.4 Å². The van der Waals surface area contributed by atoms with Crippen LogP contribution in [0, 0.1) is 5.82 Å². The Morgan fingerprint density at radius 3 is 2.47 bits per heavy atom. The van der Waals surface area contributed by atoms with E-state index in [2.05, 4.69) is 25.3 Å². The van der Waals surface area contributed by atoms with Gasteiger partial charge in [-0.15, -0.1) is 10.2 Å². The lowest BCUT2D eigenvalue weighted by atomic mass is 10.2. The summed E-state index contributed by atoms with van der Waals surface area (Å²) in [5, 5.41) is 12.2. The fourth-order valence-corrected chi connectivity index (χ4v) is 4.97. The molecule has 2 fully saturated rings. The van der Waals surface area contributed by atoms with Crippen molar-refractivity contribution in [1.82, 2.24) is 14.8 Å². The maximum absolute atomic E-state index is 14.0. The normalized spacial score (nSPS) is 16.1. The zero-order valence-corrected chi connectivity index (χ0v) is 19.6. The van der Waals surface area contributed by atoms with Gasteiger partial charge in [-0.25, -0.2) is 4.39 Å². The molecule has 10 heteroatoms. The summed E-state index contributed by atoms with van der Waals surface area (Å²) in [5.41, 5.74) is 2.56. The molecule has 1 N–H and O–H groups in total. The first kappa shape index (κ1) is 22.7. The first-order valence-corrected chi connectivity index (χ1v) is 12.5. The number of halogens is 1. The van der Waals surface area contributed by atoms with E-state index in [4.69, 9.17) is 4.74 Å². The van der Waals surface area contributed by atoms with Crippen LogP contribution in [0.25, 0.3) is 5.69 Å². The Balaban J connectivity index is 1.28. The van der Waals surface area contributed by atoms with Crippen molar-refractivity contribution >= 4 is 35.0 Å². The Hall–Kier alpha value is -3.11. The fourth-order valence-electron chi connectivity index (χ4n) is 4.22. The number of benzene rings is 2.